The number of aromatic nitrogens is 2. The van der Waals surface area contributed by atoms with Gasteiger partial charge in [-0.1, -0.05) is 0 Å². The molecule has 0 spiro atoms. The maximum absolute atomic E-state index is 12.1. The van der Waals surface area contributed by atoms with Crippen LogP contribution in [0.5, 0.6) is 0 Å². The highest BCUT2D eigenvalue weighted by atomic mass is 32.1. The molecular weight excluding hydrogens is 256 g/mol. The van der Waals surface area contributed by atoms with Crippen LogP contribution in [0.15, 0.2) is 11.1 Å². The fraction of sp³-hybridized carbons (Fsp3) is 0.364. The average molecular weight is 268 g/mol. The van der Waals surface area contributed by atoms with Crippen LogP contribution in [0.3, 0.4) is 0 Å². The summed E-state index contributed by atoms with van der Waals surface area (Å²) >= 11 is 0.987. The summed E-state index contributed by atoms with van der Waals surface area (Å²) in [5.41, 5.74) is 0.113. The molecule has 7 heteroatoms. The zero-order chi connectivity index (χ0) is 13.4. The molecule has 1 unspecified atom stereocenters. The van der Waals surface area contributed by atoms with Crippen molar-refractivity contribution in [1.82, 2.24) is 9.55 Å². The van der Waals surface area contributed by atoms with Crippen molar-refractivity contribution in [2.45, 2.75) is 26.5 Å². The van der Waals surface area contributed by atoms with E-state index in [0.29, 0.717) is 15.8 Å². The van der Waals surface area contributed by atoms with E-state index in [1.54, 1.807) is 13.8 Å². The van der Waals surface area contributed by atoms with Crippen molar-refractivity contribution in [2.24, 2.45) is 0 Å². The van der Waals surface area contributed by atoms with Crippen LogP contribution in [-0.2, 0) is 6.54 Å². The van der Waals surface area contributed by atoms with Gasteiger partial charge in [-0.05, 0) is 19.4 Å². The molecule has 0 aliphatic heterocycles. The minimum atomic E-state index is -1.06. The Kier molecular flexibility index (Phi) is 3.18. The summed E-state index contributed by atoms with van der Waals surface area (Å²) < 4.78 is 1.29. The number of hydrogen-bond acceptors (Lipinski definition) is 5. The average Bonchev–Trinajstić information content (AvgIpc) is 2.60. The quantitative estimate of drug-likeness (QED) is 0.860. The number of aliphatic hydroxyl groups excluding tert-OH is 1. The first-order chi connectivity index (χ1) is 8.41. The largest absolute Gasteiger partial charge is 0.477 e. The van der Waals surface area contributed by atoms with Crippen molar-refractivity contribution in [2.75, 3.05) is 0 Å². The number of rotatable bonds is 3. The van der Waals surface area contributed by atoms with Crippen LogP contribution in [0, 0.1) is 6.92 Å². The van der Waals surface area contributed by atoms with E-state index in [-0.39, 0.29) is 17.0 Å². The first-order valence-electron chi connectivity index (χ1n) is 5.31. The van der Waals surface area contributed by atoms with Gasteiger partial charge in [0.25, 0.3) is 5.56 Å². The Morgan fingerprint density at radius 3 is 2.83 bits per heavy atom. The van der Waals surface area contributed by atoms with Crippen LogP contribution < -0.4 is 5.56 Å². The second-order valence-electron chi connectivity index (χ2n) is 4.09. The van der Waals surface area contributed by atoms with E-state index in [4.69, 9.17) is 5.11 Å². The molecule has 18 heavy (non-hydrogen) atoms. The molecule has 0 aliphatic rings. The molecule has 0 aromatic carbocycles. The second kappa shape index (κ2) is 4.51. The third-order valence-corrected chi connectivity index (χ3v) is 3.76. The standard InChI is InChI=1S/C11H12N2O4S/c1-5(14)3-13-4-12-9-7(10(13)15)6(2)8(18-9)11(16)17/h4-5,14H,3H2,1-2H3,(H,16,17). The van der Waals surface area contributed by atoms with Gasteiger partial charge in [-0.25, -0.2) is 9.78 Å². The lowest BCUT2D eigenvalue weighted by molar-refractivity contribution is 0.0701. The maximum Gasteiger partial charge on any atom is 0.346 e. The summed E-state index contributed by atoms with van der Waals surface area (Å²) in [4.78, 5) is 27.8. The van der Waals surface area contributed by atoms with E-state index in [2.05, 4.69) is 4.98 Å². The highest BCUT2D eigenvalue weighted by molar-refractivity contribution is 7.20. The monoisotopic (exact) mass is 268 g/mol. The SMILES string of the molecule is Cc1c(C(=O)O)sc2ncn(CC(C)O)c(=O)c12. The smallest absolute Gasteiger partial charge is 0.346 e. The fourth-order valence-corrected chi connectivity index (χ4v) is 2.76. The molecule has 0 saturated heterocycles. The summed E-state index contributed by atoms with van der Waals surface area (Å²) in [6.07, 6.45) is 0.665. The third-order valence-electron chi connectivity index (χ3n) is 2.57. The predicted octanol–water partition coefficient (Wildman–Crippen LogP) is 0.845. The molecule has 96 valence electrons. The summed E-state index contributed by atoms with van der Waals surface area (Å²) in [6, 6.07) is 0. The first-order valence-corrected chi connectivity index (χ1v) is 6.13. The lowest BCUT2D eigenvalue weighted by Crippen LogP contribution is -2.25. The zero-order valence-corrected chi connectivity index (χ0v) is 10.7. The molecule has 2 N–H and O–H groups in total. The topological polar surface area (TPSA) is 92.4 Å². The fourth-order valence-electron chi connectivity index (χ4n) is 1.78. The Balaban J connectivity index is 2.70. The Morgan fingerprint density at radius 2 is 2.28 bits per heavy atom. The summed E-state index contributed by atoms with van der Waals surface area (Å²) in [5.74, 6) is -1.06. The van der Waals surface area contributed by atoms with Crippen LogP contribution >= 0.6 is 11.3 Å². The molecule has 2 rings (SSSR count). The van der Waals surface area contributed by atoms with Gasteiger partial charge in [0.2, 0.25) is 0 Å². The molecule has 1 atom stereocenters. The minimum absolute atomic E-state index is 0.129. The third kappa shape index (κ3) is 2.02. The van der Waals surface area contributed by atoms with Gasteiger partial charge in [-0.2, -0.15) is 0 Å². The highest BCUT2D eigenvalue weighted by Crippen LogP contribution is 2.26. The predicted molar refractivity (Wildman–Crippen MR) is 67.3 cm³/mol. The minimum Gasteiger partial charge on any atom is -0.477 e. The zero-order valence-electron chi connectivity index (χ0n) is 9.88. The van der Waals surface area contributed by atoms with Gasteiger partial charge in [0.15, 0.2) is 0 Å². The van der Waals surface area contributed by atoms with Gasteiger partial charge in [0, 0.05) is 0 Å². The molecule has 0 aliphatic carbocycles. The Hall–Kier alpha value is -1.73. The van der Waals surface area contributed by atoms with Crippen LogP contribution in [0.25, 0.3) is 10.2 Å². The molecule has 0 bridgehead atoms. The number of carboxylic acids is 1. The van der Waals surface area contributed by atoms with Crippen LogP contribution in [-0.4, -0.2) is 31.8 Å². The van der Waals surface area contributed by atoms with Crippen LogP contribution in [0.2, 0.25) is 0 Å². The van der Waals surface area contributed by atoms with E-state index in [0.717, 1.165) is 11.3 Å². The normalized spacial score (nSPS) is 12.8. The van der Waals surface area contributed by atoms with Crippen LogP contribution in [0.1, 0.15) is 22.2 Å². The number of aromatic carboxylic acids is 1. The van der Waals surface area contributed by atoms with Crippen molar-refractivity contribution in [3.05, 3.63) is 27.1 Å². The van der Waals surface area contributed by atoms with Crippen LogP contribution in [0.4, 0.5) is 0 Å². The molecule has 6 nitrogen and oxygen atoms in total. The van der Waals surface area contributed by atoms with E-state index >= 15 is 0 Å². The van der Waals surface area contributed by atoms with Crippen molar-refractivity contribution < 1.29 is 15.0 Å². The van der Waals surface area contributed by atoms with Crippen molar-refractivity contribution in [3.63, 3.8) is 0 Å². The number of carbonyl (C=O) groups is 1. The Labute approximate surface area is 106 Å². The molecule has 0 amide bonds. The summed E-state index contributed by atoms with van der Waals surface area (Å²) in [5, 5.41) is 18.6. The molecule has 2 aromatic rings. The highest BCUT2D eigenvalue weighted by Gasteiger charge is 2.18. The molecule has 0 saturated carbocycles. The lowest BCUT2D eigenvalue weighted by Gasteiger charge is -2.07. The van der Waals surface area contributed by atoms with Gasteiger partial charge >= 0.3 is 5.97 Å². The number of nitrogens with zero attached hydrogens (tertiary/aromatic N) is 2. The van der Waals surface area contributed by atoms with Gasteiger partial charge in [-0.3, -0.25) is 9.36 Å². The molecular formula is C11H12N2O4S. The van der Waals surface area contributed by atoms with Crippen molar-refractivity contribution in [3.8, 4) is 0 Å². The van der Waals surface area contributed by atoms with E-state index < -0.39 is 12.1 Å². The Bertz CT molecular complexity index is 671. The van der Waals surface area contributed by atoms with Gasteiger partial charge in [0.1, 0.15) is 9.71 Å². The van der Waals surface area contributed by atoms with Gasteiger partial charge in [-0.15, -0.1) is 11.3 Å². The maximum atomic E-state index is 12.1. The Morgan fingerprint density at radius 1 is 1.61 bits per heavy atom. The van der Waals surface area contributed by atoms with Crippen molar-refractivity contribution >= 4 is 27.5 Å². The number of thiophene rings is 1. The van der Waals surface area contributed by atoms with Gasteiger partial charge in [0.05, 0.1) is 24.4 Å². The van der Waals surface area contributed by atoms with E-state index in [9.17, 15) is 14.7 Å². The molecule has 0 radical (unpaired) electrons. The van der Waals surface area contributed by atoms with Gasteiger partial charge < -0.3 is 10.2 Å². The van der Waals surface area contributed by atoms with E-state index in [1.807, 2.05) is 0 Å². The summed E-state index contributed by atoms with van der Waals surface area (Å²) in [7, 11) is 0. The molecule has 2 aromatic heterocycles. The number of aliphatic hydroxyl groups is 1. The number of hydrogen-bond donors (Lipinski definition) is 2. The molecule has 2 heterocycles. The number of fused-ring (bicyclic) bond motifs is 1. The lowest BCUT2D eigenvalue weighted by atomic mass is 10.2. The molecule has 0 fully saturated rings. The first kappa shape index (κ1) is 12.7. The van der Waals surface area contributed by atoms with Crippen molar-refractivity contribution in [1.29, 1.82) is 0 Å². The number of aryl methyl sites for hydroxylation is 1. The summed E-state index contributed by atoms with van der Waals surface area (Å²) in [6.45, 7) is 3.30. The number of carboxylic acid groups (broad SMARTS) is 1. The second-order valence-corrected chi connectivity index (χ2v) is 5.09. The van der Waals surface area contributed by atoms with E-state index in [1.165, 1.54) is 10.9 Å².